The second-order valence-corrected chi connectivity index (χ2v) is 8.20. The maximum atomic E-state index is 12.4. The maximum absolute atomic E-state index is 12.4. The van der Waals surface area contributed by atoms with Crippen LogP contribution in [0.4, 0.5) is 4.79 Å². The first-order valence-corrected chi connectivity index (χ1v) is 11.7. The van der Waals surface area contributed by atoms with Crippen LogP contribution >= 0.6 is 0 Å². The zero-order valence-corrected chi connectivity index (χ0v) is 20.7. The highest BCUT2D eigenvalue weighted by atomic mass is 16.5. The first kappa shape index (κ1) is 25.6. The van der Waals surface area contributed by atoms with Crippen LogP contribution in [-0.4, -0.2) is 54.9 Å². The number of nitrogens with one attached hydrogen (secondary N) is 4. The second kappa shape index (κ2) is 11.5. The number of hydrogen-bond acceptors (Lipinski definition) is 8. The molecule has 1 aromatic heterocycles. The standard InChI is InChI=1S/C26H29N5O6/c1-4-36-21-11-16(24-23(25(33)35-3)15(2)29-26(34)30-24)9-10-20(21)37-14-22(32)31-28-13-17-12-27-19-8-6-5-7-18(17)19/h5-13,22,24,27,31-32H,4,14H2,1-3H3,(H2,29,30,34)/b28-13-/t22-,24-/m0/s1. The van der Waals surface area contributed by atoms with Gasteiger partial charge in [-0.3, -0.25) is 5.43 Å². The van der Waals surface area contributed by atoms with Crippen molar-refractivity contribution in [1.29, 1.82) is 0 Å². The number of nitrogens with zero attached hydrogens (tertiary/aromatic N) is 1. The van der Waals surface area contributed by atoms with Crippen LogP contribution in [0, 0.1) is 0 Å². The van der Waals surface area contributed by atoms with Gasteiger partial charge in [-0.05, 0) is 37.6 Å². The van der Waals surface area contributed by atoms with E-state index in [0.717, 1.165) is 16.5 Å². The van der Waals surface area contributed by atoms with Gasteiger partial charge in [0.25, 0.3) is 0 Å². The summed E-state index contributed by atoms with van der Waals surface area (Å²) in [5.41, 5.74) is 5.80. The third-order valence-electron chi connectivity index (χ3n) is 5.72. The van der Waals surface area contributed by atoms with Gasteiger partial charge in [-0.25, -0.2) is 9.59 Å². The van der Waals surface area contributed by atoms with E-state index in [2.05, 4.69) is 26.1 Å². The summed E-state index contributed by atoms with van der Waals surface area (Å²) >= 11 is 0. The summed E-state index contributed by atoms with van der Waals surface area (Å²) in [4.78, 5) is 27.6. The highest BCUT2D eigenvalue weighted by Gasteiger charge is 2.32. The fourth-order valence-electron chi connectivity index (χ4n) is 4.02. The SMILES string of the molecule is CCOc1cc([C@@H]2NC(=O)NC(C)=C2C(=O)OC)ccc1OC[C@H](O)N/N=C\c1c[nH]c2ccccc12. The molecule has 0 fully saturated rings. The summed E-state index contributed by atoms with van der Waals surface area (Å²) in [5.74, 6) is 0.215. The minimum Gasteiger partial charge on any atom is -0.490 e. The van der Waals surface area contributed by atoms with Crippen LogP contribution in [0.1, 0.15) is 31.0 Å². The molecule has 1 aliphatic heterocycles. The van der Waals surface area contributed by atoms with Crippen LogP contribution in [0.3, 0.4) is 0 Å². The lowest BCUT2D eigenvalue weighted by Gasteiger charge is -2.28. The number of hydrogen-bond donors (Lipinski definition) is 5. The Hall–Kier alpha value is -4.51. The molecule has 2 aromatic carbocycles. The minimum absolute atomic E-state index is 0.110. The summed E-state index contributed by atoms with van der Waals surface area (Å²) in [7, 11) is 1.28. The average Bonchev–Trinajstić information content (AvgIpc) is 3.30. The number of carbonyl (C=O) groups is 2. The van der Waals surface area contributed by atoms with E-state index in [1.807, 2.05) is 37.4 Å². The van der Waals surface area contributed by atoms with E-state index in [9.17, 15) is 14.7 Å². The molecule has 2 amide bonds. The largest absolute Gasteiger partial charge is 0.490 e. The third-order valence-corrected chi connectivity index (χ3v) is 5.72. The Labute approximate surface area is 213 Å². The molecular formula is C26H29N5O6. The third kappa shape index (κ3) is 5.84. The van der Waals surface area contributed by atoms with Crippen LogP contribution in [0.15, 0.2) is 65.0 Å². The minimum atomic E-state index is -1.09. The number of hydrazone groups is 1. The average molecular weight is 508 g/mol. The Morgan fingerprint density at radius 3 is 2.81 bits per heavy atom. The van der Waals surface area contributed by atoms with Crippen molar-refractivity contribution >= 4 is 29.1 Å². The summed E-state index contributed by atoms with van der Waals surface area (Å²) in [5, 5.41) is 20.8. The molecule has 194 valence electrons. The number of benzene rings is 2. The summed E-state index contributed by atoms with van der Waals surface area (Å²) in [6, 6.07) is 11.7. The number of ether oxygens (including phenoxy) is 3. The fraction of sp³-hybridized carbons (Fsp3) is 0.269. The van der Waals surface area contributed by atoms with Gasteiger partial charge in [0.2, 0.25) is 0 Å². The van der Waals surface area contributed by atoms with E-state index in [1.165, 1.54) is 7.11 Å². The van der Waals surface area contributed by atoms with Crippen molar-refractivity contribution in [2.24, 2.45) is 5.10 Å². The molecule has 37 heavy (non-hydrogen) atoms. The van der Waals surface area contributed by atoms with Crippen molar-refractivity contribution in [2.75, 3.05) is 20.3 Å². The molecule has 3 aromatic rings. The monoisotopic (exact) mass is 507 g/mol. The molecule has 1 aliphatic rings. The first-order valence-electron chi connectivity index (χ1n) is 11.7. The van der Waals surface area contributed by atoms with E-state index in [0.29, 0.717) is 29.4 Å². The molecule has 5 N–H and O–H groups in total. The molecule has 11 heteroatoms. The van der Waals surface area contributed by atoms with Crippen LogP contribution in [0.2, 0.25) is 0 Å². The number of rotatable bonds is 10. The Bertz CT molecular complexity index is 1350. The van der Waals surface area contributed by atoms with E-state index >= 15 is 0 Å². The smallest absolute Gasteiger partial charge is 0.337 e. The quantitative estimate of drug-likeness (QED) is 0.123. The van der Waals surface area contributed by atoms with Gasteiger partial charge in [-0.15, -0.1) is 0 Å². The van der Waals surface area contributed by atoms with Gasteiger partial charge in [0, 0.05) is 28.4 Å². The number of aliphatic hydroxyl groups excluding tert-OH is 1. The lowest BCUT2D eigenvalue weighted by Crippen LogP contribution is -2.45. The predicted octanol–water partition coefficient (Wildman–Crippen LogP) is 2.69. The van der Waals surface area contributed by atoms with Crippen LogP contribution in [0.25, 0.3) is 10.9 Å². The molecule has 11 nitrogen and oxygen atoms in total. The number of carbonyl (C=O) groups excluding carboxylic acids is 2. The predicted molar refractivity (Wildman–Crippen MR) is 137 cm³/mol. The van der Waals surface area contributed by atoms with Gasteiger partial charge in [-0.2, -0.15) is 5.10 Å². The van der Waals surface area contributed by atoms with Gasteiger partial charge >= 0.3 is 12.0 Å². The molecule has 0 spiro atoms. The van der Waals surface area contributed by atoms with Crippen molar-refractivity contribution in [3.05, 3.63) is 71.1 Å². The number of aliphatic hydroxyl groups is 1. The number of allylic oxidation sites excluding steroid dienone is 1. The Morgan fingerprint density at radius 2 is 2.03 bits per heavy atom. The molecule has 0 saturated heterocycles. The van der Waals surface area contributed by atoms with Crippen LogP contribution < -0.4 is 25.5 Å². The van der Waals surface area contributed by atoms with Gasteiger partial charge in [0.15, 0.2) is 17.7 Å². The number of H-pyrrole nitrogens is 1. The highest BCUT2D eigenvalue weighted by Crippen LogP contribution is 2.34. The van der Waals surface area contributed by atoms with Crippen LogP contribution in [0.5, 0.6) is 11.5 Å². The van der Waals surface area contributed by atoms with Crippen molar-refractivity contribution in [1.82, 2.24) is 21.0 Å². The molecular weight excluding hydrogens is 478 g/mol. The van der Waals surface area contributed by atoms with E-state index < -0.39 is 24.3 Å². The number of amides is 2. The highest BCUT2D eigenvalue weighted by molar-refractivity contribution is 5.99. The zero-order valence-electron chi connectivity index (χ0n) is 20.7. The second-order valence-electron chi connectivity index (χ2n) is 8.20. The lowest BCUT2D eigenvalue weighted by atomic mass is 9.95. The van der Waals surface area contributed by atoms with Crippen molar-refractivity contribution < 1.29 is 28.9 Å². The molecule has 0 bridgehead atoms. The zero-order chi connectivity index (χ0) is 26.4. The van der Waals surface area contributed by atoms with E-state index in [-0.39, 0.29) is 12.2 Å². The molecule has 0 unspecified atom stereocenters. The molecule has 0 saturated carbocycles. The van der Waals surface area contributed by atoms with E-state index in [4.69, 9.17) is 14.2 Å². The van der Waals surface area contributed by atoms with Gasteiger partial charge in [0.1, 0.15) is 6.61 Å². The molecule has 4 rings (SSSR count). The fourth-order valence-corrected chi connectivity index (χ4v) is 4.02. The van der Waals surface area contributed by atoms with Crippen molar-refractivity contribution in [2.45, 2.75) is 26.1 Å². The Balaban J connectivity index is 1.44. The Kier molecular flexibility index (Phi) is 7.94. The molecule has 2 heterocycles. The van der Waals surface area contributed by atoms with Gasteiger partial charge in [-0.1, -0.05) is 24.3 Å². The molecule has 0 radical (unpaired) electrons. The Morgan fingerprint density at radius 1 is 1.22 bits per heavy atom. The first-order chi connectivity index (χ1) is 17.9. The number of aromatic nitrogens is 1. The number of aromatic amines is 1. The van der Waals surface area contributed by atoms with E-state index in [1.54, 1.807) is 31.3 Å². The number of fused-ring (bicyclic) bond motifs is 1. The number of esters is 1. The number of methoxy groups -OCH3 is 1. The summed E-state index contributed by atoms with van der Waals surface area (Å²) in [6.45, 7) is 3.70. The summed E-state index contributed by atoms with van der Waals surface area (Å²) in [6.07, 6.45) is 2.36. The number of para-hydroxylation sites is 1. The summed E-state index contributed by atoms with van der Waals surface area (Å²) < 4.78 is 16.4. The van der Waals surface area contributed by atoms with Crippen molar-refractivity contribution in [3.8, 4) is 11.5 Å². The lowest BCUT2D eigenvalue weighted by molar-refractivity contribution is -0.136. The topological polar surface area (TPSA) is 146 Å². The maximum Gasteiger partial charge on any atom is 0.337 e. The van der Waals surface area contributed by atoms with Crippen molar-refractivity contribution in [3.63, 3.8) is 0 Å². The molecule has 2 atom stereocenters. The normalized spacial score (nSPS) is 16.3. The van der Waals surface area contributed by atoms with Crippen LogP contribution in [-0.2, 0) is 9.53 Å². The molecule has 0 aliphatic carbocycles. The number of urea groups is 1. The van der Waals surface area contributed by atoms with Gasteiger partial charge < -0.3 is 34.9 Å². The van der Waals surface area contributed by atoms with Gasteiger partial charge in [0.05, 0.1) is 31.5 Å².